The molecule has 0 saturated carbocycles. The highest BCUT2D eigenvalue weighted by molar-refractivity contribution is 5.48. The monoisotopic (exact) mass is 297 g/mol. The third kappa shape index (κ3) is 2.22. The summed E-state index contributed by atoms with van der Waals surface area (Å²) >= 11 is 0. The minimum absolute atomic E-state index is 0.425. The molecule has 3 aromatic rings. The molecule has 0 radical (unpaired) electrons. The maximum absolute atomic E-state index is 4.43. The summed E-state index contributed by atoms with van der Waals surface area (Å²) in [6, 6.07) is 2.52. The second kappa shape index (κ2) is 5.08. The van der Waals surface area contributed by atoms with Crippen molar-refractivity contribution in [2.24, 2.45) is 0 Å². The molecule has 0 bridgehead atoms. The van der Waals surface area contributed by atoms with Crippen LogP contribution in [0.5, 0.6) is 0 Å². The summed E-state index contributed by atoms with van der Waals surface area (Å²) in [5, 5.41) is 8.75. The summed E-state index contributed by atoms with van der Waals surface area (Å²) in [5.74, 6) is 1.74. The first kappa shape index (κ1) is 13.2. The van der Waals surface area contributed by atoms with E-state index in [9.17, 15) is 0 Å². The first-order valence-electron chi connectivity index (χ1n) is 7.64. The predicted molar refractivity (Wildman–Crippen MR) is 82.9 cm³/mol. The van der Waals surface area contributed by atoms with E-state index in [4.69, 9.17) is 0 Å². The van der Waals surface area contributed by atoms with Crippen molar-refractivity contribution in [1.29, 1.82) is 0 Å². The Morgan fingerprint density at radius 2 is 2.18 bits per heavy atom. The number of fused-ring (bicyclic) bond motifs is 1. The lowest BCUT2D eigenvalue weighted by atomic mass is 10.2. The third-order valence-electron chi connectivity index (χ3n) is 4.19. The van der Waals surface area contributed by atoms with E-state index in [1.54, 1.807) is 6.33 Å². The minimum atomic E-state index is 0.425. The molecule has 4 heterocycles. The van der Waals surface area contributed by atoms with Crippen LogP contribution in [0.15, 0.2) is 24.8 Å². The van der Waals surface area contributed by atoms with E-state index in [1.165, 1.54) is 12.0 Å². The van der Waals surface area contributed by atoms with Crippen molar-refractivity contribution < 1.29 is 0 Å². The molecule has 0 aliphatic carbocycles. The van der Waals surface area contributed by atoms with Gasteiger partial charge in [0.25, 0.3) is 5.78 Å². The van der Waals surface area contributed by atoms with Crippen LogP contribution in [0.25, 0.3) is 5.78 Å². The van der Waals surface area contributed by atoms with Gasteiger partial charge in [-0.25, -0.2) is 4.98 Å². The van der Waals surface area contributed by atoms with Gasteiger partial charge in [0.05, 0.1) is 18.8 Å². The summed E-state index contributed by atoms with van der Waals surface area (Å²) in [6.07, 6.45) is 7.91. The van der Waals surface area contributed by atoms with Gasteiger partial charge in [0, 0.05) is 24.5 Å². The SMILES string of the molecule is Cc1cnn(C[C@H]2CCCN2c2cc(C)nc3ncnn23)c1. The molecule has 114 valence electrons. The van der Waals surface area contributed by atoms with Gasteiger partial charge in [-0.15, -0.1) is 0 Å². The van der Waals surface area contributed by atoms with Crippen molar-refractivity contribution in [3.8, 4) is 0 Å². The fraction of sp³-hybridized carbons (Fsp3) is 0.467. The molecule has 4 rings (SSSR count). The lowest BCUT2D eigenvalue weighted by molar-refractivity contribution is 0.505. The van der Waals surface area contributed by atoms with Crippen molar-refractivity contribution >= 4 is 11.6 Å². The van der Waals surface area contributed by atoms with Crippen LogP contribution in [0, 0.1) is 13.8 Å². The molecule has 7 heteroatoms. The number of rotatable bonds is 3. The van der Waals surface area contributed by atoms with E-state index in [-0.39, 0.29) is 0 Å². The van der Waals surface area contributed by atoms with Gasteiger partial charge in [0.1, 0.15) is 12.1 Å². The number of hydrogen-bond donors (Lipinski definition) is 0. The molecule has 22 heavy (non-hydrogen) atoms. The maximum Gasteiger partial charge on any atom is 0.254 e. The zero-order valence-corrected chi connectivity index (χ0v) is 12.8. The van der Waals surface area contributed by atoms with Crippen LogP contribution in [-0.2, 0) is 6.54 Å². The first-order valence-corrected chi connectivity index (χ1v) is 7.64. The maximum atomic E-state index is 4.43. The Kier molecular flexibility index (Phi) is 3.06. The van der Waals surface area contributed by atoms with Gasteiger partial charge in [0.2, 0.25) is 0 Å². The topological polar surface area (TPSA) is 64.1 Å². The van der Waals surface area contributed by atoms with Crippen LogP contribution >= 0.6 is 0 Å². The van der Waals surface area contributed by atoms with E-state index in [0.29, 0.717) is 11.8 Å². The molecular weight excluding hydrogens is 278 g/mol. The molecule has 1 atom stereocenters. The van der Waals surface area contributed by atoms with Crippen LogP contribution in [0.4, 0.5) is 5.82 Å². The van der Waals surface area contributed by atoms with E-state index < -0.39 is 0 Å². The highest BCUT2D eigenvalue weighted by Gasteiger charge is 2.27. The predicted octanol–water partition coefficient (Wildman–Crippen LogP) is 1.61. The van der Waals surface area contributed by atoms with Gasteiger partial charge in [0.15, 0.2) is 0 Å². The molecule has 0 amide bonds. The Labute approximate surface area is 128 Å². The largest absolute Gasteiger partial charge is 0.352 e. The molecular formula is C15H19N7. The van der Waals surface area contributed by atoms with Crippen LogP contribution in [0.2, 0.25) is 0 Å². The van der Waals surface area contributed by atoms with Crippen LogP contribution in [0.1, 0.15) is 24.1 Å². The second-order valence-electron chi connectivity index (χ2n) is 5.96. The Balaban J connectivity index is 1.68. The lowest BCUT2D eigenvalue weighted by Gasteiger charge is -2.27. The average Bonchev–Trinajstić information content (AvgIpc) is 3.19. The molecule has 1 fully saturated rings. The van der Waals surface area contributed by atoms with E-state index in [0.717, 1.165) is 31.0 Å². The summed E-state index contributed by atoms with van der Waals surface area (Å²) in [5.41, 5.74) is 2.17. The van der Waals surface area contributed by atoms with Gasteiger partial charge < -0.3 is 4.90 Å². The molecule has 0 aromatic carbocycles. The van der Waals surface area contributed by atoms with Crippen molar-refractivity contribution in [2.75, 3.05) is 11.4 Å². The molecule has 1 aliphatic heterocycles. The lowest BCUT2D eigenvalue weighted by Crippen LogP contribution is -2.34. The summed E-state index contributed by atoms with van der Waals surface area (Å²) in [7, 11) is 0. The zero-order valence-electron chi connectivity index (χ0n) is 12.8. The van der Waals surface area contributed by atoms with Gasteiger partial charge in [-0.2, -0.15) is 19.7 Å². The summed E-state index contributed by atoms with van der Waals surface area (Å²) < 4.78 is 3.87. The van der Waals surface area contributed by atoms with Crippen molar-refractivity contribution in [3.63, 3.8) is 0 Å². The van der Waals surface area contributed by atoms with Crippen LogP contribution < -0.4 is 4.90 Å². The van der Waals surface area contributed by atoms with Crippen molar-refractivity contribution in [1.82, 2.24) is 29.4 Å². The van der Waals surface area contributed by atoms with Crippen LogP contribution in [0.3, 0.4) is 0 Å². The number of nitrogens with zero attached hydrogens (tertiary/aromatic N) is 7. The molecule has 7 nitrogen and oxygen atoms in total. The molecule has 1 aliphatic rings. The minimum Gasteiger partial charge on any atom is -0.352 e. The number of aryl methyl sites for hydroxylation is 2. The molecule has 0 unspecified atom stereocenters. The van der Waals surface area contributed by atoms with Crippen molar-refractivity contribution in [2.45, 2.75) is 39.3 Å². The molecule has 1 saturated heterocycles. The standard InChI is InChI=1S/C15H19N7/c1-11-7-17-20(8-11)9-13-4-3-5-21(13)14-6-12(2)19-15-16-10-18-22(14)15/h6-8,10,13H,3-5,9H2,1-2H3/t13-/m1/s1. The van der Waals surface area contributed by atoms with E-state index in [2.05, 4.69) is 44.3 Å². The third-order valence-corrected chi connectivity index (χ3v) is 4.19. The Morgan fingerprint density at radius 1 is 1.27 bits per heavy atom. The van der Waals surface area contributed by atoms with Crippen molar-refractivity contribution in [3.05, 3.63) is 36.0 Å². The van der Waals surface area contributed by atoms with E-state index in [1.807, 2.05) is 22.3 Å². The second-order valence-corrected chi connectivity index (χ2v) is 5.96. The molecule has 3 aromatic heterocycles. The zero-order chi connectivity index (χ0) is 15.1. The Hall–Kier alpha value is -2.44. The normalized spacial score (nSPS) is 18.5. The number of aromatic nitrogens is 6. The molecule has 0 N–H and O–H groups in total. The number of hydrogen-bond acceptors (Lipinski definition) is 5. The highest BCUT2D eigenvalue weighted by atomic mass is 15.4. The quantitative estimate of drug-likeness (QED) is 0.735. The summed E-state index contributed by atoms with van der Waals surface area (Å²) in [4.78, 5) is 11.1. The smallest absolute Gasteiger partial charge is 0.254 e. The highest BCUT2D eigenvalue weighted by Crippen LogP contribution is 2.26. The average molecular weight is 297 g/mol. The van der Waals surface area contributed by atoms with Gasteiger partial charge in [-0.05, 0) is 32.3 Å². The number of anilines is 1. The van der Waals surface area contributed by atoms with Gasteiger partial charge in [-0.1, -0.05) is 0 Å². The first-order chi connectivity index (χ1) is 10.7. The van der Waals surface area contributed by atoms with Gasteiger partial charge in [-0.3, -0.25) is 4.68 Å². The fourth-order valence-corrected chi connectivity index (χ4v) is 3.23. The Morgan fingerprint density at radius 3 is 3.00 bits per heavy atom. The molecule has 0 spiro atoms. The van der Waals surface area contributed by atoms with E-state index >= 15 is 0 Å². The Bertz CT molecular complexity index is 803. The summed E-state index contributed by atoms with van der Waals surface area (Å²) in [6.45, 7) is 6.00. The van der Waals surface area contributed by atoms with Crippen LogP contribution in [-0.4, -0.2) is 41.9 Å². The van der Waals surface area contributed by atoms with Gasteiger partial charge >= 0.3 is 0 Å². The fourth-order valence-electron chi connectivity index (χ4n) is 3.23.